The molecule has 2 aromatic heterocycles. The van der Waals surface area contributed by atoms with Gasteiger partial charge in [-0.2, -0.15) is 0 Å². The molecule has 9 nitrogen and oxygen atoms in total. The number of nitro groups is 1. The van der Waals surface area contributed by atoms with Crippen molar-refractivity contribution < 1.29 is 9.66 Å². The van der Waals surface area contributed by atoms with Gasteiger partial charge in [0.05, 0.1) is 12.0 Å². The number of benzene rings is 1. The monoisotopic (exact) mass is 340 g/mol. The summed E-state index contributed by atoms with van der Waals surface area (Å²) in [5.41, 5.74) is 0.732. The van der Waals surface area contributed by atoms with Crippen LogP contribution in [0.5, 0.6) is 5.75 Å². The van der Waals surface area contributed by atoms with E-state index in [1.54, 1.807) is 13.3 Å². The molecule has 0 saturated carbocycles. The van der Waals surface area contributed by atoms with Crippen molar-refractivity contribution in [2.45, 2.75) is 6.04 Å². The summed E-state index contributed by atoms with van der Waals surface area (Å²) in [7, 11) is 3.48. The predicted molar refractivity (Wildman–Crippen MR) is 90.4 cm³/mol. The van der Waals surface area contributed by atoms with Gasteiger partial charge >= 0.3 is 5.69 Å². The number of hydrogen-bond acceptors (Lipinski definition) is 7. The summed E-state index contributed by atoms with van der Waals surface area (Å²) in [4.78, 5) is 22.6. The molecule has 0 aliphatic rings. The standard InChI is InChI=1S/C16H16N6O3/c1-21-7-6-17-15(21)14(11-4-3-5-13(8-11)25-2)20-16-18-9-12(10-19-16)22(23)24/h3-10,14H,1-2H3,(H,18,19,20). The van der Waals surface area contributed by atoms with Gasteiger partial charge in [0.2, 0.25) is 5.95 Å². The molecule has 0 spiro atoms. The topological polar surface area (TPSA) is 108 Å². The molecule has 0 saturated heterocycles. The van der Waals surface area contributed by atoms with Gasteiger partial charge in [0.15, 0.2) is 0 Å². The summed E-state index contributed by atoms with van der Waals surface area (Å²) in [5, 5.41) is 13.9. The molecular formula is C16H16N6O3. The number of aromatic nitrogens is 4. The molecule has 0 aliphatic heterocycles. The summed E-state index contributed by atoms with van der Waals surface area (Å²) in [6.45, 7) is 0. The maximum Gasteiger partial charge on any atom is 0.305 e. The molecule has 1 N–H and O–H groups in total. The highest BCUT2D eigenvalue weighted by Gasteiger charge is 2.20. The second-order valence-corrected chi connectivity index (χ2v) is 5.27. The lowest BCUT2D eigenvalue weighted by Crippen LogP contribution is -2.18. The van der Waals surface area contributed by atoms with Crippen LogP contribution < -0.4 is 10.1 Å². The van der Waals surface area contributed by atoms with E-state index in [1.807, 2.05) is 42.1 Å². The number of methoxy groups -OCH3 is 1. The minimum absolute atomic E-state index is 0.166. The number of ether oxygens (including phenoxy) is 1. The van der Waals surface area contributed by atoms with E-state index >= 15 is 0 Å². The maximum absolute atomic E-state index is 10.7. The molecule has 0 fully saturated rings. The zero-order valence-electron chi connectivity index (χ0n) is 13.7. The van der Waals surface area contributed by atoms with Crippen molar-refractivity contribution in [1.82, 2.24) is 19.5 Å². The van der Waals surface area contributed by atoms with Crippen LogP contribution in [-0.2, 0) is 7.05 Å². The number of nitrogens with zero attached hydrogens (tertiary/aromatic N) is 5. The van der Waals surface area contributed by atoms with Crippen molar-refractivity contribution in [3.8, 4) is 5.75 Å². The fourth-order valence-electron chi connectivity index (χ4n) is 2.39. The molecule has 0 amide bonds. The van der Waals surface area contributed by atoms with Gasteiger partial charge in [-0.1, -0.05) is 12.1 Å². The molecule has 2 heterocycles. The highest BCUT2D eigenvalue weighted by molar-refractivity contribution is 5.41. The average molecular weight is 340 g/mol. The smallest absolute Gasteiger partial charge is 0.305 e. The first-order valence-electron chi connectivity index (χ1n) is 7.42. The number of rotatable bonds is 6. The third-order valence-corrected chi connectivity index (χ3v) is 3.67. The summed E-state index contributed by atoms with van der Waals surface area (Å²) in [5.74, 6) is 1.72. The van der Waals surface area contributed by atoms with Gasteiger partial charge in [0, 0.05) is 19.4 Å². The molecule has 3 rings (SSSR count). The van der Waals surface area contributed by atoms with E-state index < -0.39 is 4.92 Å². The number of anilines is 1. The Balaban J connectivity index is 1.96. The first kappa shape index (κ1) is 16.4. The highest BCUT2D eigenvalue weighted by Crippen LogP contribution is 2.27. The minimum atomic E-state index is -0.540. The van der Waals surface area contributed by atoms with Crippen LogP contribution in [0.4, 0.5) is 11.6 Å². The number of aryl methyl sites for hydroxylation is 1. The zero-order valence-corrected chi connectivity index (χ0v) is 13.7. The van der Waals surface area contributed by atoms with Crippen LogP contribution in [0.2, 0.25) is 0 Å². The quantitative estimate of drug-likeness (QED) is 0.542. The van der Waals surface area contributed by atoms with Gasteiger partial charge in [-0.05, 0) is 17.7 Å². The fraction of sp³-hybridized carbons (Fsp3) is 0.188. The molecule has 1 atom stereocenters. The summed E-state index contributed by atoms with van der Waals surface area (Å²) < 4.78 is 7.16. The molecule has 128 valence electrons. The Bertz CT molecular complexity index is 878. The van der Waals surface area contributed by atoms with Gasteiger partial charge in [0.25, 0.3) is 0 Å². The third kappa shape index (κ3) is 3.55. The van der Waals surface area contributed by atoms with E-state index in [1.165, 1.54) is 0 Å². The Morgan fingerprint density at radius 2 is 2.04 bits per heavy atom. The SMILES string of the molecule is COc1cccc(C(Nc2ncc([N+](=O)[O-])cn2)c2nccn2C)c1. The summed E-state index contributed by atoms with van der Waals surface area (Å²) in [6.07, 6.45) is 5.86. The first-order chi connectivity index (χ1) is 12.1. The van der Waals surface area contributed by atoms with Crippen molar-refractivity contribution in [2.24, 2.45) is 7.05 Å². The lowest BCUT2D eigenvalue weighted by molar-refractivity contribution is -0.385. The Morgan fingerprint density at radius 3 is 2.64 bits per heavy atom. The second-order valence-electron chi connectivity index (χ2n) is 5.27. The van der Waals surface area contributed by atoms with Crippen molar-refractivity contribution in [1.29, 1.82) is 0 Å². The van der Waals surface area contributed by atoms with Crippen LogP contribution in [0.3, 0.4) is 0 Å². The van der Waals surface area contributed by atoms with Crippen molar-refractivity contribution in [3.05, 3.63) is 70.6 Å². The summed E-state index contributed by atoms with van der Waals surface area (Å²) >= 11 is 0. The van der Waals surface area contributed by atoms with Crippen LogP contribution in [0.15, 0.2) is 49.1 Å². The number of nitrogens with one attached hydrogen (secondary N) is 1. The Kier molecular flexibility index (Phi) is 4.55. The Morgan fingerprint density at radius 1 is 1.28 bits per heavy atom. The number of hydrogen-bond donors (Lipinski definition) is 1. The lowest BCUT2D eigenvalue weighted by atomic mass is 10.1. The molecule has 1 aromatic carbocycles. The molecule has 9 heteroatoms. The van der Waals surface area contributed by atoms with E-state index in [4.69, 9.17) is 4.74 Å². The van der Waals surface area contributed by atoms with Crippen LogP contribution >= 0.6 is 0 Å². The predicted octanol–water partition coefficient (Wildman–Crippen LogP) is 2.33. The molecule has 3 aromatic rings. The third-order valence-electron chi connectivity index (χ3n) is 3.67. The van der Waals surface area contributed by atoms with E-state index in [2.05, 4.69) is 20.3 Å². The van der Waals surface area contributed by atoms with Crippen LogP contribution in [0, 0.1) is 10.1 Å². The van der Waals surface area contributed by atoms with E-state index in [9.17, 15) is 10.1 Å². The largest absolute Gasteiger partial charge is 0.497 e. The maximum atomic E-state index is 10.7. The van der Waals surface area contributed by atoms with Crippen LogP contribution in [0.1, 0.15) is 17.4 Å². The van der Waals surface area contributed by atoms with Crippen molar-refractivity contribution >= 4 is 11.6 Å². The van der Waals surface area contributed by atoms with E-state index in [0.717, 1.165) is 23.8 Å². The molecule has 0 bridgehead atoms. The van der Waals surface area contributed by atoms with Gasteiger partial charge < -0.3 is 14.6 Å². The Labute approximate surface area is 143 Å². The molecule has 0 radical (unpaired) electrons. The van der Waals surface area contributed by atoms with Crippen molar-refractivity contribution in [2.75, 3.05) is 12.4 Å². The molecular weight excluding hydrogens is 324 g/mol. The average Bonchev–Trinajstić information content (AvgIpc) is 3.06. The normalized spacial score (nSPS) is 11.8. The summed E-state index contributed by atoms with van der Waals surface area (Å²) in [6, 6.07) is 7.19. The van der Waals surface area contributed by atoms with Crippen molar-refractivity contribution in [3.63, 3.8) is 0 Å². The van der Waals surface area contributed by atoms with Crippen LogP contribution in [-0.4, -0.2) is 31.6 Å². The fourth-order valence-corrected chi connectivity index (χ4v) is 2.39. The zero-order chi connectivity index (χ0) is 17.8. The second kappa shape index (κ2) is 6.95. The van der Waals surface area contributed by atoms with E-state index in [0.29, 0.717) is 5.75 Å². The highest BCUT2D eigenvalue weighted by atomic mass is 16.6. The molecule has 25 heavy (non-hydrogen) atoms. The van der Waals surface area contributed by atoms with E-state index in [-0.39, 0.29) is 17.7 Å². The van der Waals surface area contributed by atoms with Crippen LogP contribution in [0.25, 0.3) is 0 Å². The van der Waals surface area contributed by atoms with Gasteiger partial charge in [-0.25, -0.2) is 15.0 Å². The number of imidazole rings is 1. The van der Waals surface area contributed by atoms with Gasteiger partial charge in [-0.3, -0.25) is 10.1 Å². The lowest BCUT2D eigenvalue weighted by Gasteiger charge is -2.19. The minimum Gasteiger partial charge on any atom is -0.497 e. The first-order valence-corrected chi connectivity index (χ1v) is 7.42. The Hall–Kier alpha value is -3.49. The molecule has 1 unspecified atom stereocenters. The molecule has 0 aliphatic carbocycles. The van der Waals surface area contributed by atoms with Gasteiger partial charge in [-0.15, -0.1) is 0 Å². The van der Waals surface area contributed by atoms with Gasteiger partial charge in [0.1, 0.15) is 30.0 Å².